The number of hydrogen-bond acceptors (Lipinski definition) is 6. The largest absolute Gasteiger partial charge is 0.480 e. The maximum atomic E-state index is 11.6. The van der Waals surface area contributed by atoms with Crippen LogP contribution in [-0.4, -0.2) is 43.8 Å². The average molecular weight is 305 g/mol. The van der Waals surface area contributed by atoms with E-state index < -0.39 is 18.1 Å². The second-order valence-electron chi connectivity index (χ2n) is 4.48. The topological polar surface area (TPSA) is 130 Å². The van der Waals surface area contributed by atoms with Crippen LogP contribution in [0.3, 0.4) is 0 Å². The molecule has 9 nitrogen and oxygen atoms in total. The van der Waals surface area contributed by atoms with E-state index in [4.69, 9.17) is 9.84 Å². The number of aliphatic carboxylic acids is 1. The lowest BCUT2D eigenvalue weighted by atomic mass is 10.1. The van der Waals surface area contributed by atoms with Gasteiger partial charge in [0.2, 0.25) is 0 Å². The van der Waals surface area contributed by atoms with E-state index in [0.29, 0.717) is 12.2 Å². The number of carboxylic acids is 1. The highest BCUT2D eigenvalue weighted by Gasteiger charge is 2.21. The van der Waals surface area contributed by atoms with Crippen LogP contribution < -0.4 is 5.32 Å². The first kappa shape index (κ1) is 15.4. The number of benzene rings is 1. The molecule has 0 aliphatic heterocycles. The molecular weight excluding hydrogens is 290 g/mol. The number of hydrogen-bond donors (Lipinski definition) is 3. The number of ether oxygens (including phenoxy) is 1. The molecule has 22 heavy (non-hydrogen) atoms. The number of aromatic amines is 1. The smallest absolute Gasteiger partial charge is 0.408 e. The molecule has 1 aromatic heterocycles. The van der Waals surface area contributed by atoms with E-state index in [0.717, 1.165) is 5.56 Å². The molecule has 0 saturated carbocycles. The monoisotopic (exact) mass is 305 g/mol. The average Bonchev–Trinajstić information content (AvgIpc) is 3.03. The second kappa shape index (κ2) is 7.72. The summed E-state index contributed by atoms with van der Waals surface area (Å²) in [4.78, 5) is 22.8. The van der Waals surface area contributed by atoms with Crippen molar-refractivity contribution >= 4 is 12.1 Å². The lowest BCUT2D eigenvalue weighted by Gasteiger charge is -2.13. The molecule has 116 valence electrons. The van der Waals surface area contributed by atoms with Crippen LogP contribution in [-0.2, 0) is 22.6 Å². The fraction of sp³-hybridized carbons (Fsp3) is 0.308. The Morgan fingerprint density at radius 1 is 1.32 bits per heavy atom. The third kappa shape index (κ3) is 4.85. The van der Waals surface area contributed by atoms with Crippen molar-refractivity contribution in [3.63, 3.8) is 0 Å². The number of H-pyrrole nitrogens is 1. The number of nitrogens with one attached hydrogen (secondary N) is 2. The quantitative estimate of drug-likeness (QED) is 0.679. The summed E-state index contributed by atoms with van der Waals surface area (Å²) in [6.07, 6.45) is -0.345. The Hall–Kier alpha value is -2.97. The van der Waals surface area contributed by atoms with E-state index >= 15 is 0 Å². The Labute approximate surface area is 125 Å². The van der Waals surface area contributed by atoms with Crippen molar-refractivity contribution < 1.29 is 19.4 Å². The van der Waals surface area contributed by atoms with Gasteiger partial charge in [0.05, 0.1) is 0 Å². The van der Waals surface area contributed by atoms with Crippen molar-refractivity contribution in [2.45, 2.75) is 25.5 Å². The van der Waals surface area contributed by atoms with Crippen LogP contribution in [0.25, 0.3) is 0 Å². The molecule has 0 spiro atoms. The number of tetrazole rings is 1. The first-order valence-corrected chi connectivity index (χ1v) is 6.58. The maximum Gasteiger partial charge on any atom is 0.408 e. The Bertz CT molecular complexity index is 602. The van der Waals surface area contributed by atoms with Gasteiger partial charge in [-0.15, -0.1) is 5.10 Å². The van der Waals surface area contributed by atoms with Crippen LogP contribution in [0.2, 0.25) is 0 Å². The van der Waals surface area contributed by atoms with E-state index in [1.165, 1.54) is 0 Å². The number of aryl methyl sites for hydroxylation is 1. The first-order valence-electron chi connectivity index (χ1n) is 6.58. The van der Waals surface area contributed by atoms with Crippen molar-refractivity contribution in [2.75, 3.05) is 0 Å². The molecule has 9 heteroatoms. The normalized spacial score (nSPS) is 11.6. The van der Waals surface area contributed by atoms with E-state index in [-0.39, 0.29) is 13.0 Å². The molecule has 1 atom stereocenters. The highest BCUT2D eigenvalue weighted by atomic mass is 16.5. The van der Waals surface area contributed by atoms with Crippen molar-refractivity contribution in [2.24, 2.45) is 0 Å². The fourth-order valence-electron chi connectivity index (χ4n) is 1.73. The number of carbonyl (C=O) groups is 2. The van der Waals surface area contributed by atoms with Gasteiger partial charge in [-0.1, -0.05) is 30.3 Å². The Balaban J connectivity index is 1.79. The van der Waals surface area contributed by atoms with Gasteiger partial charge in [-0.3, -0.25) is 0 Å². The molecule has 2 aromatic rings. The number of carboxylic acid groups (broad SMARTS) is 1. The fourth-order valence-corrected chi connectivity index (χ4v) is 1.73. The summed E-state index contributed by atoms with van der Waals surface area (Å²) in [5.74, 6) is -0.699. The van der Waals surface area contributed by atoms with E-state index in [1.807, 2.05) is 18.2 Å². The van der Waals surface area contributed by atoms with Gasteiger partial charge in [-0.2, -0.15) is 0 Å². The molecule has 1 unspecified atom stereocenters. The molecule has 0 bridgehead atoms. The highest BCUT2D eigenvalue weighted by molar-refractivity contribution is 5.79. The zero-order valence-electron chi connectivity index (χ0n) is 11.6. The lowest BCUT2D eigenvalue weighted by Crippen LogP contribution is -2.41. The Kier molecular flexibility index (Phi) is 5.41. The minimum atomic E-state index is -1.15. The minimum Gasteiger partial charge on any atom is -0.480 e. The van der Waals surface area contributed by atoms with Crippen LogP contribution >= 0.6 is 0 Å². The summed E-state index contributed by atoms with van der Waals surface area (Å²) in [5, 5.41) is 24.4. The summed E-state index contributed by atoms with van der Waals surface area (Å²) in [5.41, 5.74) is 0.817. The van der Waals surface area contributed by atoms with Crippen LogP contribution in [0, 0.1) is 0 Å². The lowest BCUT2D eigenvalue weighted by molar-refractivity contribution is -0.139. The van der Waals surface area contributed by atoms with E-state index in [1.54, 1.807) is 12.1 Å². The predicted molar refractivity (Wildman–Crippen MR) is 73.7 cm³/mol. The third-order valence-electron chi connectivity index (χ3n) is 2.86. The molecule has 1 amide bonds. The Morgan fingerprint density at radius 3 is 2.73 bits per heavy atom. The number of aromatic nitrogens is 4. The number of nitrogens with zero attached hydrogens (tertiary/aromatic N) is 3. The van der Waals surface area contributed by atoms with Crippen molar-refractivity contribution in [1.29, 1.82) is 0 Å². The molecule has 2 rings (SSSR count). The molecular formula is C13H15N5O4. The zero-order chi connectivity index (χ0) is 15.8. The summed E-state index contributed by atoms with van der Waals surface area (Å²) in [6, 6.07) is 8.03. The van der Waals surface area contributed by atoms with Gasteiger partial charge in [-0.05, 0) is 22.4 Å². The van der Waals surface area contributed by atoms with Gasteiger partial charge in [0, 0.05) is 6.42 Å². The zero-order valence-corrected chi connectivity index (χ0v) is 11.6. The predicted octanol–water partition coefficient (Wildman–Crippen LogP) is 0.512. The summed E-state index contributed by atoms with van der Waals surface area (Å²) in [7, 11) is 0. The molecule has 0 saturated heterocycles. The van der Waals surface area contributed by atoms with E-state index in [9.17, 15) is 9.59 Å². The second-order valence-corrected chi connectivity index (χ2v) is 4.48. The van der Waals surface area contributed by atoms with Crippen LogP contribution in [0.5, 0.6) is 0 Å². The summed E-state index contributed by atoms with van der Waals surface area (Å²) < 4.78 is 4.98. The van der Waals surface area contributed by atoms with Crippen LogP contribution in [0.15, 0.2) is 30.3 Å². The van der Waals surface area contributed by atoms with Crippen molar-refractivity contribution in [3.05, 3.63) is 41.7 Å². The molecule has 0 fully saturated rings. The number of alkyl carbamates (subject to hydrolysis) is 1. The van der Waals surface area contributed by atoms with Crippen molar-refractivity contribution in [1.82, 2.24) is 25.9 Å². The summed E-state index contributed by atoms with van der Waals surface area (Å²) >= 11 is 0. The van der Waals surface area contributed by atoms with Gasteiger partial charge >= 0.3 is 12.1 Å². The van der Waals surface area contributed by atoms with Crippen molar-refractivity contribution in [3.8, 4) is 0 Å². The number of amides is 1. The number of carbonyl (C=O) groups excluding carboxylic acids is 1. The number of rotatable bonds is 7. The standard InChI is InChI=1S/C13H15N5O4/c19-12(20)10(6-7-11-15-17-18-16-11)14-13(21)22-8-9-4-2-1-3-5-9/h1-5,10H,6-8H2,(H,14,21)(H,19,20)(H,15,16,17,18). The van der Waals surface area contributed by atoms with Gasteiger partial charge in [0.25, 0.3) is 0 Å². The first-order chi connectivity index (χ1) is 10.6. The maximum absolute atomic E-state index is 11.6. The summed E-state index contributed by atoms with van der Waals surface area (Å²) in [6.45, 7) is 0.0744. The van der Waals surface area contributed by atoms with E-state index in [2.05, 4.69) is 25.9 Å². The van der Waals surface area contributed by atoms with Gasteiger partial charge in [0.1, 0.15) is 18.5 Å². The Morgan fingerprint density at radius 2 is 2.09 bits per heavy atom. The SMILES string of the molecule is O=C(NC(CCc1nnn[nH]1)C(=O)O)OCc1ccccc1. The molecule has 0 aliphatic carbocycles. The third-order valence-corrected chi connectivity index (χ3v) is 2.86. The molecule has 0 aliphatic rings. The molecule has 3 N–H and O–H groups in total. The van der Waals surface area contributed by atoms with Gasteiger partial charge < -0.3 is 15.2 Å². The minimum absolute atomic E-state index is 0.0744. The van der Waals surface area contributed by atoms with Crippen LogP contribution in [0.4, 0.5) is 4.79 Å². The molecule has 0 radical (unpaired) electrons. The highest BCUT2D eigenvalue weighted by Crippen LogP contribution is 2.03. The van der Waals surface area contributed by atoms with Crippen LogP contribution in [0.1, 0.15) is 17.8 Å². The molecule has 1 aromatic carbocycles. The van der Waals surface area contributed by atoms with Gasteiger partial charge in [-0.25, -0.2) is 14.7 Å². The molecule has 1 heterocycles. The van der Waals surface area contributed by atoms with Gasteiger partial charge in [0.15, 0.2) is 0 Å².